The van der Waals surface area contributed by atoms with Crippen LogP contribution in [0.2, 0.25) is 0 Å². The number of ether oxygens (including phenoxy) is 1. The summed E-state index contributed by atoms with van der Waals surface area (Å²) in [5, 5.41) is 10.1. The minimum atomic E-state index is -1.24. The molecule has 0 spiro atoms. The van der Waals surface area contributed by atoms with Gasteiger partial charge in [-0.05, 0) is 112 Å². The first kappa shape index (κ1) is 14.5. The fraction of sp³-hybridized carbons (Fsp3) is 0.0204. The van der Waals surface area contributed by atoms with E-state index in [1.807, 2.05) is 0 Å². The van der Waals surface area contributed by atoms with Crippen molar-refractivity contribution in [2.75, 3.05) is 0 Å². The predicted octanol–water partition coefficient (Wildman–Crippen LogP) is 12.3. The number of benzene rings is 8. The molecule has 0 saturated heterocycles. The highest BCUT2D eigenvalue weighted by atomic mass is 16.5. The van der Waals surface area contributed by atoms with Gasteiger partial charge in [-0.3, -0.25) is 0 Å². The highest BCUT2D eigenvalue weighted by Crippen LogP contribution is 2.41. The molecule has 2 heterocycles. The third-order valence-corrected chi connectivity index (χ3v) is 8.47. The first-order valence-electron chi connectivity index (χ1n) is 29.3. The number of para-hydroxylation sites is 4. The molecule has 0 fully saturated rings. The van der Waals surface area contributed by atoms with Crippen molar-refractivity contribution in [1.29, 1.82) is 0 Å². The van der Waals surface area contributed by atoms with Crippen LogP contribution in [0.3, 0.4) is 0 Å². The van der Waals surface area contributed by atoms with Crippen LogP contribution in [0.15, 0.2) is 174 Å². The van der Waals surface area contributed by atoms with E-state index in [1.165, 1.54) is 6.92 Å². The fourth-order valence-electron chi connectivity index (χ4n) is 6.07. The van der Waals surface area contributed by atoms with Crippen LogP contribution in [0.1, 0.15) is 42.6 Å². The van der Waals surface area contributed by atoms with Gasteiger partial charge in [0.25, 0.3) is 0 Å². The van der Waals surface area contributed by atoms with E-state index < -0.39 is 252 Å². The number of hydrogen-bond donors (Lipinski definition) is 1. The molecule has 0 bridgehead atoms. The van der Waals surface area contributed by atoms with Gasteiger partial charge in [0, 0.05) is 32.8 Å². The number of phenols is 1. The largest absolute Gasteiger partial charge is 0.507 e. The Morgan fingerprint density at radius 3 is 2.17 bits per heavy atom. The zero-order valence-electron chi connectivity index (χ0n) is 54.4. The van der Waals surface area contributed by atoms with Crippen molar-refractivity contribution in [1.82, 2.24) is 4.57 Å². The number of aromatic nitrogens is 1. The smallest absolute Gasteiger partial charge is 0.136 e. The lowest BCUT2D eigenvalue weighted by Crippen LogP contribution is -2.11. The average molecular weight is 721 g/mol. The first-order chi connectivity index (χ1) is 37.8. The van der Waals surface area contributed by atoms with Gasteiger partial charge in [-0.1, -0.05) is 103 Å². The summed E-state index contributed by atoms with van der Waals surface area (Å²) < 4.78 is 253. The van der Waals surface area contributed by atoms with Gasteiger partial charge >= 0.3 is 0 Å². The van der Waals surface area contributed by atoms with Crippen LogP contribution >= 0.6 is 0 Å². The third kappa shape index (κ3) is 5.16. The Hall–Kier alpha value is -6.98. The molecule has 1 N–H and O–H groups in total. The SMILES string of the molecule is [2H]c1cc(Oc2c([2H])c(-c3c([2H])c([2H])c([2H])c([2H])c3-c3c([2H])c([2H])c4c(oc5c([2H])c([2H])c([2H])c([2H])c54)c3[2H])c([2H])c(-c3c([2H])c([2H])c([2H])c([2H])c3O)c2[B])c([2H])c([2H])c1-n1c2c([2H])c([2H])c([2H])c([2H])c2c2c([2H])c([2H])c([2H])c(C)c21. The van der Waals surface area contributed by atoms with Gasteiger partial charge in [0.1, 0.15) is 36.3 Å². The summed E-state index contributed by atoms with van der Waals surface area (Å²) in [4.78, 5) is 0. The maximum atomic E-state index is 11.5. The van der Waals surface area contributed by atoms with Crippen molar-refractivity contribution in [3.05, 3.63) is 175 Å². The molecule has 4 nitrogen and oxygen atoms in total. The lowest BCUT2D eigenvalue weighted by Gasteiger charge is -2.19. The molecule has 2 radical (unpaired) electrons. The molecule has 0 unspecified atom stereocenters. The summed E-state index contributed by atoms with van der Waals surface area (Å²) in [7, 11) is 6.73. The van der Waals surface area contributed by atoms with Crippen LogP contribution in [-0.2, 0) is 0 Å². The molecule has 10 aromatic rings. The molecule has 254 valence electrons. The van der Waals surface area contributed by atoms with Gasteiger partial charge in [-0.25, -0.2) is 0 Å². The van der Waals surface area contributed by atoms with Crippen molar-refractivity contribution in [2.24, 2.45) is 0 Å². The van der Waals surface area contributed by atoms with Crippen molar-refractivity contribution in [3.8, 4) is 56.3 Å². The van der Waals surface area contributed by atoms with Crippen LogP contribution in [-0.4, -0.2) is 17.5 Å². The number of fused-ring (bicyclic) bond motifs is 6. The molecule has 2 aromatic heterocycles. The van der Waals surface area contributed by atoms with Gasteiger partial charge in [0.05, 0.1) is 48.0 Å². The molecule has 5 heteroatoms. The van der Waals surface area contributed by atoms with Crippen LogP contribution < -0.4 is 10.2 Å². The Balaban J connectivity index is 1.32. The van der Waals surface area contributed by atoms with Crippen molar-refractivity contribution < 1.29 is 51.3 Å². The molecule has 0 aliphatic carbocycles. The average Bonchev–Trinajstić information content (AvgIpc) is 2.15. The highest BCUT2D eigenvalue weighted by molar-refractivity contribution is 6.38. The Morgan fingerprint density at radius 2 is 1.30 bits per heavy atom. The van der Waals surface area contributed by atoms with Crippen LogP contribution in [0, 0.1) is 6.92 Å². The minimum Gasteiger partial charge on any atom is -0.507 e. The molecular formula is C49H32BNO3. The Bertz CT molecular complexity index is 4520. The van der Waals surface area contributed by atoms with E-state index in [0.29, 0.717) is 0 Å². The minimum absolute atomic E-state index is 0.0618. The lowest BCUT2D eigenvalue weighted by molar-refractivity contribution is 0.477. The first-order valence-corrected chi connectivity index (χ1v) is 15.8. The van der Waals surface area contributed by atoms with Gasteiger partial charge < -0.3 is 18.8 Å². The van der Waals surface area contributed by atoms with E-state index in [2.05, 4.69) is 0 Å². The van der Waals surface area contributed by atoms with Crippen molar-refractivity contribution >= 4 is 57.1 Å². The van der Waals surface area contributed by atoms with E-state index >= 15 is 0 Å². The monoisotopic (exact) mass is 720 g/mol. The van der Waals surface area contributed by atoms with Gasteiger partial charge in [-0.15, -0.1) is 0 Å². The molecule has 0 aliphatic rings. The van der Waals surface area contributed by atoms with Crippen LogP contribution in [0.25, 0.3) is 82.8 Å². The van der Waals surface area contributed by atoms with E-state index in [0.717, 1.165) is 10.6 Å². The number of hydrogen-bond acceptors (Lipinski definition) is 3. The second-order valence-electron chi connectivity index (χ2n) is 11.6. The van der Waals surface area contributed by atoms with E-state index in [1.54, 1.807) is 0 Å². The molecule has 0 aliphatic heterocycles. The van der Waals surface area contributed by atoms with Crippen LogP contribution in [0.5, 0.6) is 17.2 Å². The normalized spacial score (nSPS) is 18.6. The number of phenolic OH excluding ortho intramolecular Hbond substituents is 1. The Kier molecular flexibility index (Phi) is 3.37. The summed E-state index contributed by atoms with van der Waals surface area (Å²) in [6.45, 7) is 1.34. The molecule has 10 rings (SSSR count). The zero-order valence-corrected chi connectivity index (χ0v) is 27.4. The molecular weight excluding hydrogens is 661 g/mol. The number of nitrogens with zero attached hydrogens (tertiary/aromatic N) is 1. The molecule has 54 heavy (non-hydrogen) atoms. The number of aryl methyl sites for hydroxylation is 1. The molecule has 8 aromatic carbocycles. The van der Waals surface area contributed by atoms with E-state index in [-0.39, 0.29) is 21.9 Å². The van der Waals surface area contributed by atoms with E-state index in [9.17, 15) is 17.4 Å². The van der Waals surface area contributed by atoms with Crippen molar-refractivity contribution in [2.45, 2.75) is 6.92 Å². The highest BCUT2D eigenvalue weighted by Gasteiger charge is 2.18. The number of rotatable bonds is 6. The fourth-order valence-corrected chi connectivity index (χ4v) is 6.07. The van der Waals surface area contributed by atoms with Gasteiger partial charge in [0.2, 0.25) is 0 Å². The molecule has 0 amide bonds. The summed E-state index contributed by atoms with van der Waals surface area (Å²) >= 11 is 0. The lowest BCUT2D eigenvalue weighted by atomic mass is 9.82. The molecule has 0 saturated carbocycles. The third-order valence-electron chi connectivity index (χ3n) is 8.47. The van der Waals surface area contributed by atoms with Crippen molar-refractivity contribution in [3.63, 3.8) is 0 Å². The standard InChI is InChI=1S/C49H32BNO3/c1-30-11-10-17-41-37-14-4-7-18-43(37)51(49(30)41)33-22-24-34(25-23-33)53-47-29-32(27-42(48(47)50)38-15-5-8-19-44(38)52)36-13-3-2-12-35(36)31-21-26-40-39-16-6-9-20-45(39)54-46(40)28-31/h2-29,52H,1H3/i2D,3D,4D,5D,6D,7D,8D,9D,10D,11D,12D,13D,14D,15D,16D,17D,18D,19D,20D,21D,22D,23D,24D,26D,27D,28D,29D. The van der Waals surface area contributed by atoms with Gasteiger partial charge in [-0.2, -0.15) is 0 Å². The second kappa shape index (κ2) is 12.6. The maximum Gasteiger partial charge on any atom is 0.136 e. The Morgan fingerprint density at radius 1 is 0.593 bits per heavy atom. The Labute approximate surface area is 351 Å². The summed E-state index contributed by atoms with van der Waals surface area (Å²) in [5.74, 6) is -3.11. The summed E-state index contributed by atoms with van der Waals surface area (Å²) in [6, 6.07) is -23.0. The molecule has 0 atom stereocenters. The quantitative estimate of drug-likeness (QED) is 0.174. The second-order valence-corrected chi connectivity index (χ2v) is 11.6. The number of aromatic hydroxyl groups is 1. The van der Waals surface area contributed by atoms with Gasteiger partial charge in [0.15, 0.2) is 0 Å². The number of furan rings is 1. The van der Waals surface area contributed by atoms with Crippen LogP contribution in [0.4, 0.5) is 0 Å². The zero-order chi connectivity index (χ0) is 59.8. The summed E-state index contributed by atoms with van der Waals surface area (Å²) in [6.07, 6.45) is 0. The maximum absolute atomic E-state index is 11.5. The topological polar surface area (TPSA) is 47.5 Å². The predicted molar refractivity (Wildman–Crippen MR) is 223 cm³/mol. The summed E-state index contributed by atoms with van der Waals surface area (Å²) in [5.41, 5.74) is -8.86. The van der Waals surface area contributed by atoms with E-state index in [4.69, 9.17) is 41.7 Å².